The van der Waals surface area contributed by atoms with Crippen molar-refractivity contribution in [2.75, 3.05) is 36.0 Å². The minimum Gasteiger partial charge on any atom is -0.748 e. The summed E-state index contributed by atoms with van der Waals surface area (Å²) in [5.41, 5.74) is 5.44. The van der Waals surface area contributed by atoms with Crippen molar-refractivity contribution in [2.24, 2.45) is 0 Å². The van der Waals surface area contributed by atoms with Gasteiger partial charge in [0.2, 0.25) is 11.6 Å². The average molecular weight is 754 g/mol. The van der Waals surface area contributed by atoms with Crippen molar-refractivity contribution in [3.05, 3.63) is 83.1 Å². The van der Waals surface area contributed by atoms with E-state index in [2.05, 4.69) is 59.9 Å². The number of allylic oxidation sites excluding steroid dienone is 4. The predicted octanol–water partition coefficient (Wildman–Crippen LogP) is 4.35. The number of amides is 2. The fourth-order valence-corrected chi connectivity index (χ4v) is 8.30. The van der Waals surface area contributed by atoms with Gasteiger partial charge in [-0.25, -0.2) is 16.8 Å². The molecule has 2 aliphatic heterocycles. The van der Waals surface area contributed by atoms with Gasteiger partial charge in [-0.2, -0.15) is 4.58 Å². The Balaban J connectivity index is 1.42. The SMILES string of the molecule is CC1(C)C(/C=C/C=C2/N(CCCCS(=O)(=O)[O-])c3ccc(C(=O)NCCC(=O)NC4CC4)cc3C2(C)C)=[N+](CCCCS(=O)(=O)[O-])c2ccccc21. The highest BCUT2D eigenvalue weighted by Gasteiger charge is 2.44. The number of anilines is 1. The molecule has 2 aromatic rings. The van der Waals surface area contributed by atoms with Crippen molar-refractivity contribution in [1.82, 2.24) is 10.6 Å². The number of unbranched alkanes of at least 4 members (excludes halogenated alkanes) is 2. The molecule has 3 aliphatic rings. The maximum absolute atomic E-state index is 13.2. The Hall–Kier alpha value is -3.85. The lowest BCUT2D eigenvalue weighted by atomic mass is 9.81. The molecule has 2 heterocycles. The quantitative estimate of drug-likeness (QED) is 0.135. The topological polar surface area (TPSA) is 179 Å². The number of hydrogen-bond acceptors (Lipinski definition) is 9. The van der Waals surface area contributed by atoms with E-state index >= 15 is 0 Å². The first-order valence-electron chi connectivity index (χ1n) is 17.9. The summed E-state index contributed by atoms with van der Waals surface area (Å²) < 4.78 is 69.8. The number of benzene rings is 2. The Morgan fingerprint density at radius 1 is 0.904 bits per heavy atom. The van der Waals surface area contributed by atoms with E-state index in [-0.39, 0.29) is 49.1 Å². The minimum atomic E-state index is -4.34. The van der Waals surface area contributed by atoms with Crippen molar-refractivity contribution in [1.29, 1.82) is 0 Å². The fraction of sp³-hybridized carbons (Fsp3) is 0.500. The van der Waals surface area contributed by atoms with Gasteiger partial charge in [0.05, 0.1) is 25.7 Å². The number of carbonyl (C=O) groups excluding carboxylic acids is 2. The van der Waals surface area contributed by atoms with Crippen molar-refractivity contribution in [2.45, 2.75) is 89.5 Å². The number of fused-ring (bicyclic) bond motifs is 2. The van der Waals surface area contributed by atoms with Gasteiger partial charge in [-0.15, -0.1) is 0 Å². The van der Waals surface area contributed by atoms with Crippen LogP contribution in [0.2, 0.25) is 0 Å². The second-order valence-corrected chi connectivity index (χ2v) is 17.9. The highest BCUT2D eigenvalue weighted by atomic mass is 32.2. The summed E-state index contributed by atoms with van der Waals surface area (Å²) >= 11 is 0. The summed E-state index contributed by atoms with van der Waals surface area (Å²) in [6.45, 7) is 9.61. The van der Waals surface area contributed by atoms with E-state index in [1.54, 1.807) is 6.07 Å². The van der Waals surface area contributed by atoms with Gasteiger partial charge in [-0.05, 0) is 75.8 Å². The number of para-hydroxylation sites is 1. The Labute approximate surface area is 307 Å². The van der Waals surface area contributed by atoms with Crippen LogP contribution < -0.4 is 15.5 Å². The third-order valence-corrected chi connectivity index (χ3v) is 11.7. The van der Waals surface area contributed by atoms with E-state index in [4.69, 9.17) is 0 Å². The third kappa shape index (κ3) is 9.57. The van der Waals surface area contributed by atoms with Gasteiger partial charge < -0.3 is 24.6 Å². The van der Waals surface area contributed by atoms with E-state index in [0.717, 1.165) is 46.8 Å². The molecule has 1 fully saturated rings. The van der Waals surface area contributed by atoms with Gasteiger partial charge in [0.25, 0.3) is 5.91 Å². The van der Waals surface area contributed by atoms with Crippen LogP contribution in [0.1, 0.15) is 94.1 Å². The molecule has 0 aromatic heterocycles. The minimum absolute atomic E-state index is 0.0815. The van der Waals surface area contributed by atoms with E-state index in [9.17, 15) is 35.5 Å². The van der Waals surface area contributed by atoms with E-state index in [1.807, 2.05) is 42.5 Å². The van der Waals surface area contributed by atoms with Crippen LogP contribution in [0.5, 0.6) is 0 Å². The van der Waals surface area contributed by atoms with Crippen molar-refractivity contribution < 1.29 is 40.1 Å². The molecular weight excluding hydrogens is 705 g/mol. The fourth-order valence-electron chi connectivity index (χ4n) is 7.19. The Kier molecular flexibility index (Phi) is 11.8. The maximum atomic E-state index is 13.2. The van der Waals surface area contributed by atoms with E-state index < -0.39 is 37.2 Å². The smallest absolute Gasteiger partial charge is 0.251 e. The molecular formula is C38H49N4O8S2-. The number of nitrogens with one attached hydrogen (secondary N) is 2. The monoisotopic (exact) mass is 753 g/mol. The molecule has 52 heavy (non-hydrogen) atoms. The van der Waals surface area contributed by atoms with Crippen LogP contribution in [0.25, 0.3) is 0 Å². The Morgan fingerprint density at radius 2 is 1.58 bits per heavy atom. The first kappa shape index (κ1) is 39.4. The highest BCUT2D eigenvalue weighted by Crippen LogP contribution is 2.48. The Morgan fingerprint density at radius 3 is 2.25 bits per heavy atom. The van der Waals surface area contributed by atoms with Gasteiger partial charge in [0.1, 0.15) is 6.54 Å². The molecule has 2 aromatic carbocycles. The molecule has 0 saturated heterocycles. The van der Waals surface area contributed by atoms with Gasteiger partial charge in [0.15, 0.2) is 5.71 Å². The molecule has 0 radical (unpaired) electrons. The standard InChI is InChI=1S/C38H50N4O8S2/c1-37(2)29-12-5-6-13-31(29)41(22-7-9-24-51(45,46)47)33(37)14-11-15-34-38(3,4)30-26-27(36(44)39-21-20-35(43)40-28-17-18-28)16-19-32(30)42(34)23-8-10-25-52(48,49)50/h5-6,11-16,19,26,28H,7-10,17-18,20-25H2,1-4H3,(H3-,39,40,43,44,45,46,47,48,49,50)/p-1. The second-order valence-electron chi connectivity index (χ2n) is 14.9. The average Bonchev–Trinajstić information content (AvgIpc) is 3.81. The summed E-state index contributed by atoms with van der Waals surface area (Å²) in [5.74, 6) is -1.22. The third-order valence-electron chi connectivity index (χ3n) is 10.1. The molecule has 0 unspecified atom stereocenters. The number of carbonyl (C=O) groups is 2. The largest absolute Gasteiger partial charge is 0.748 e. The van der Waals surface area contributed by atoms with Crippen LogP contribution in [-0.2, 0) is 35.9 Å². The van der Waals surface area contributed by atoms with Crippen LogP contribution in [0.4, 0.5) is 11.4 Å². The van der Waals surface area contributed by atoms with Crippen molar-refractivity contribution in [3.8, 4) is 0 Å². The molecule has 282 valence electrons. The lowest BCUT2D eigenvalue weighted by molar-refractivity contribution is -0.438. The molecule has 12 nitrogen and oxygen atoms in total. The molecule has 14 heteroatoms. The zero-order valence-electron chi connectivity index (χ0n) is 30.3. The van der Waals surface area contributed by atoms with Crippen LogP contribution >= 0.6 is 0 Å². The van der Waals surface area contributed by atoms with E-state index in [0.29, 0.717) is 31.5 Å². The van der Waals surface area contributed by atoms with Crippen molar-refractivity contribution in [3.63, 3.8) is 0 Å². The molecule has 5 rings (SSSR count). The summed E-state index contributed by atoms with van der Waals surface area (Å²) in [4.78, 5) is 27.4. The van der Waals surface area contributed by atoms with Gasteiger partial charge in [-0.1, -0.05) is 38.1 Å². The number of nitrogens with zero attached hydrogens (tertiary/aromatic N) is 2. The molecule has 1 aliphatic carbocycles. The summed E-state index contributed by atoms with van der Waals surface area (Å²) in [5, 5.41) is 5.77. The molecule has 2 N–H and O–H groups in total. The molecule has 0 bridgehead atoms. The normalized spacial score (nSPS) is 18.6. The van der Waals surface area contributed by atoms with Crippen LogP contribution in [0.15, 0.2) is 66.4 Å². The van der Waals surface area contributed by atoms with Crippen LogP contribution in [0, 0.1) is 0 Å². The first-order chi connectivity index (χ1) is 24.4. The number of rotatable bonds is 17. The van der Waals surface area contributed by atoms with Crippen LogP contribution in [-0.4, -0.2) is 85.2 Å². The second kappa shape index (κ2) is 15.6. The van der Waals surface area contributed by atoms with Gasteiger partial charge in [-0.3, -0.25) is 9.59 Å². The summed E-state index contributed by atoms with van der Waals surface area (Å²) in [6.07, 6.45) is 9.69. The Bertz CT molecular complexity index is 2010. The van der Waals surface area contributed by atoms with E-state index in [1.165, 1.54) is 0 Å². The van der Waals surface area contributed by atoms with Crippen LogP contribution in [0.3, 0.4) is 0 Å². The highest BCUT2D eigenvalue weighted by molar-refractivity contribution is 7.85. The lowest BCUT2D eigenvalue weighted by Crippen LogP contribution is -2.31. The molecule has 1 saturated carbocycles. The predicted molar refractivity (Wildman–Crippen MR) is 199 cm³/mol. The lowest BCUT2D eigenvalue weighted by Gasteiger charge is -2.27. The number of hydrogen-bond donors (Lipinski definition) is 2. The maximum Gasteiger partial charge on any atom is 0.251 e. The van der Waals surface area contributed by atoms with Crippen molar-refractivity contribution >= 4 is 49.1 Å². The summed E-state index contributed by atoms with van der Waals surface area (Å²) in [6, 6.07) is 13.8. The van der Waals surface area contributed by atoms with Gasteiger partial charge in [0, 0.05) is 83.5 Å². The molecule has 0 spiro atoms. The molecule has 2 amide bonds. The molecule has 0 atom stereocenters. The zero-order chi connectivity index (χ0) is 37.9. The zero-order valence-corrected chi connectivity index (χ0v) is 31.9. The van der Waals surface area contributed by atoms with Gasteiger partial charge >= 0.3 is 0 Å². The first-order valence-corrected chi connectivity index (χ1v) is 21.0. The summed E-state index contributed by atoms with van der Waals surface area (Å²) in [7, 11) is -8.64.